The summed E-state index contributed by atoms with van der Waals surface area (Å²) in [5.41, 5.74) is 6.29. The first-order valence-corrected chi connectivity index (χ1v) is 8.52. The molecular formula is C22H34O. The topological polar surface area (TPSA) is 20.2 Å². The van der Waals surface area contributed by atoms with Crippen LogP contribution < -0.4 is 0 Å². The monoisotopic (exact) mass is 314 g/mol. The van der Waals surface area contributed by atoms with Gasteiger partial charge in [-0.25, -0.2) is 0 Å². The van der Waals surface area contributed by atoms with Crippen molar-refractivity contribution in [3.63, 3.8) is 0 Å². The Morgan fingerprint density at radius 3 is 2.22 bits per heavy atom. The molecule has 0 heterocycles. The van der Waals surface area contributed by atoms with Crippen LogP contribution in [0.1, 0.15) is 70.1 Å². The van der Waals surface area contributed by atoms with Crippen LogP contribution in [0.2, 0.25) is 0 Å². The molecular weight excluding hydrogens is 280 g/mol. The van der Waals surface area contributed by atoms with Crippen molar-refractivity contribution in [2.45, 2.75) is 60.3 Å². The number of hydrogen-bond donors (Lipinski definition) is 1. The van der Waals surface area contributed by atoms with Gasteiger partial charge in [0.1, 0.15) is 5.76 Å². The van der Waals surface area contributed by atoms with Gasteiger partial charge in [0.15, 0.2) is 0 Å². The minimum absolute atomic E-state index is 0. The van der Waals surface area contributed by atoms with Crippen molar-refractivity contribution in [2.24, 2.45) is 5.41 Å². The molecule has 128 valence electrons. The Kier molecular flexibility index (Phi) is 6.87. The summed E-state index contributed by atoms with van der Waals surface area (Å²) < 4.78 is 0. The summed E-state index contributed by atoms with van der Waals surface area (Å²) in [6.07, 6.45) is 8.95. The van der Waals surface area contributed by atoms with E-state index in [0.717, 1.165) is 11.1 Å². The Bertz CT molecular complexity index is 607. The highest BCUT2D eigenvalue weighted by atomic mass is 16.3. The molecule has 1 aromatic rings. The molecule has 0 aliphatic heterocycles. The van der Waals surface area contributed by atoms with Crippen molar-refractivity contribution in [1.82, 2.24) is 0 Å². The second-order valence-corrected chi connectivity index (χ2v) is 6.89. The average molecular weight is 315 g/mol. The van der Waals surface area contributed by atoms with Crippen molar-refractivity contribution < 1.29 is 6.53 Å². The Morgan fingerprint density at radius 1 is 1.30 bits per heavy atom. The van der Waals surface area contributed by atoms with Crippen LogP contribution in [0.5, 0.6) is 0 Å². The van der Waals surface area contributed by atoms with E-state index < -0.39 is 0 Å². The summed E-state index contributed by atoms with van der Waals surface area (Å²) in [4.78, 5) is 0. The highest BCUT2D eigenvalue weighted by Gasteiger charge is 2.39. The predicted octanol–water partition coefficient (Wildman–Crippen LogP) is 7.25. The largest absolute Gasteiger partial charge is 0.508 e. The molecule has 0 saturated heterocycles. The molecule has 0 unspecified atom stereocenters. The molecule has 1 saturated carbocycles. The molecule has 23 heavy (non-hydrogen) atoms. The van der Waals surface area contributed by atoms with Crippen LogP contribution in [0.15, 0.2) is 36.9 Å². The summed E-state index contributed by atoms with van der Waals surface area (Å²) in [6.45, 7) is 18.0. The van der Waals surface area contributed by atoms with Gasteiger partial charge in [0, 0.05) is 6.99 Å². The Labute approximate surface area is 143 Å². The van der Waals surface area contributed by atoms with E-state index >= 15 is 0 Å². The predicted molar refractivity (Wildman–Crippen MR) is 106 cm³/mol. The van der Waals surface area contributed by atoms with Gasteiger partial charge in [-0.3, -0.25) is 0 Å². The van der Waals surface area contributed by atoms with Gasteiger partial charge in [-0.05, 0) is 81.2 Å². The van der Waals surface area contributed by atoms with E-state index in [1.165, 1.54) is 42.4 Å². The minimum Gasteiger partial charge on any atom is -0.508 e. The van der Waals surface area contributed by atoms with Gasteiger partial charge in [0.05, 0.1) is 0 Å². The maximum atomic E-state index is 9.67. The lowest BCUT2D eigenvalue weighted by atomic mass is 9.95. The molecule has 1 aliphatic rings. The third-order valence-electron chi connectivity index (χ3n) is 4.82. The Balaban J connectivity index is 0.000000460. The van der Waals surface area contributed by atoms with Gasteiger partial charge in [-0.15, -0.1) is 6.58 Å². The second kappa shape index (κ2) is 8.19. The molecule has 1 aliphatic carbocycles. The molecule has 0 atom stereocenters. The van der Waals surface area contributed by atoms with E-state index in [1.54, 1.807) is 12.2 Å². The van der Waals surface area contributed by atoms with Gasteiger partial charge in [0.25, 0.3) is 0 Å². The number of aliphatic hydroxyl groups excluding tert-OH is 1. The highest BCUT2D eigenvalue weighted by Crippen LogP contribution is 2.52. The zero-order valence-electron chi connectivity index (χ0n) is 15.5. The third kappa shape index (κ3) is 5.42. The maximum absolute atomic E-state index is 9.67. The molecule has 2 rings (SSSR count). The van der Waals surface area contributed by atoms with Crippen LogP contribution in [-0.4, -0.2) is 5.11 Å². The lowest BCUT2D eigenvalue weighted by Gasteiger charge is -2.10. The molecule has 0 bridgehead atoms. The fraction of sp³-hybridized carbons (Fsp3) is 0.455. The first-order valence-electron chi connectivity index (χ1n) is 8.52. The molecule has 0 radical (unpaired) electrons. The number of hydrogen-bond acceptors (Lipinski definition) is 1. The van der Waals surface area contributed by atoms with Crippen LogP contribution in [0.3, 0.4) is 0 Å². The summed E-state index contributed by atoms with van der Waals surface area (Å²) in [6, 6.07) is 4.03. The summed E-state index contributed by atoms with van der Waals surface area (Å²) in [5.74, 6) is 0.308. The van der Waals surface area contributed by atoms with E-state index in [9.17, 15) is 5.11 Å². The van der Waals surface area contributed by atoms with Crippen LogP contribution in [0, 0.1) is 19.3 Å². The Hall–Kier alpha value is -1.76. The van der Waals surface area contributed by atoms with Gasteiger partial charge >= 0.3 is 0 Å². The zero-order valence-corrected chi connectivity index (χ0v) is 15.5. The number of aliphatic hydroxyl groups is 1. The normalized spacial score (nSPS) is 15.4. The quantitative estimate of drug-likeness (QED) is 0.448. The molecule has 1 heteroatoms. The molecule has 0 spiro atoms. The van der Waals surface area contributed by atoms with Crippen LogP contribution in [-0.2, 0) is 0 Å². The highest BCUT2D eigenvalue weighted by molar-refractivity contribution is 5.70. The van der Waals surface area contributed by atoms with Gasteiger partial charge in [-0.2, -0.15) is 0 Å². The first-order chi connectivity index (χ1) is 10.8. The van der Waals surface area contributed by atoms with Gasteiger partial charge < -0.3 is 5.11 Å². The van der Waals surface area contributed by atoms with Crippen molar-refractivity contribution in [3.05, 3.63) is 59.2 Å². The van der Waals surface area contributed by atoms with E-state index in [-0.39, 0.29) is 1.43 Å². The van der Waals surface area contributed by atoms with Gasteiger partial charge in [0.2, 0.25) is 0 Å². The van der Waals surface area contributed by atoms with Crippen molar-refractivity contribution in [1.29, 1.82) is 0 Å². The molecule has 0 aromatic heterocycles. The molecule has 1 fully saturated rings. The van der Waals surface area contributed by atoms with E-state index in [0.29, 0.717) is 11.2 Å². The number of benzene rings is 1. The smallest absolute Gasteiger partial charge is 0.119 e. The van der Waals surface area contributed by atoms with Crippen molar-refractivity contribution in [2.75, 3.05) is 0 Å². The van der Waals surface area contributed by atoms with Crippen molar-refractivity contribution >= 4 is 11.8 Å². The van der Waals surface area contributed by atoms with E-state index in [1.807, 2.05) is 26.0 Å². The van der Waals surface area contributed by atoms with Crippen LogP contribution in [0.25, 0.3) is 11.8 Å². The van der Waals surface area contributed by atoms with Crippen LogP contribution in [0.4, 0.5) is 0 Å². The fourth-order valence-electron chi connectivity index (χ4n) is 2.86. The molecule has 0 amide bonds. The Morgan fingerprint density at radius 2 is 1.87 bits per heavy atom. The SMILES string of the molecule is C=C(C)CC1(CC)CC1.C=Cc1cc(C)c(C)cc1/C(O)=C/C.[HH]. The van der Waals surface area contributed by atoms with Gasteiger partial charge in [-0.1, -0.05) is 37.6 Å². The van der Waals surface area contributed by atoms with E-state index in [2.05, 4.69) is 33.9 Å². The lowest BCUT2D eigenvalue weighted by Crippen LogP contribution is -1.97. The van der Waals surface area contributed by atoms with Crippen LogP contribution >= 0.6 is 0 Å². The maximum Gasteiger partial charge on any atom is 0.119 e. The van der Waals surface area contributed by atoms with Crippen molar-refractivity contribution in [3.8, 4) is 0 Å². The number of aryl methyl sites for hydroxylation is 2. The average Bonchev–Trinajstić information content (AvgIpc) is 3.28. The molecule has 1 nitrogen and oxygen atoms in total. The summed E-state index contributed by atoms with van der Waals surface area (Å²) in [7, 11) is 0. The summed E-state index contributed by atoms with van der Waals surface area (Å²) in [5, 5.41) is 9.67. The lowest BCUT2D eigenvalue weighted by molar-refractivity contribution is 0.487. The third-order valence-corrected chi connectivity index (χ3v) is 4.82. The number of rotatable bonds is 5. The summed E-state index contributed by atoms with van der Waals surface area (Å²) >= 11 is 0. The zero-order chi connectivity index (χ0) is 17.6. The van der Waals surface area contributed by atoms with E-state index in [4.69, 9.17) is 0 Å². The first kappa shape index (κ1) is 19.3. The molecule has 1 aromatic carbocycles. The second-order valence-electron chi connectivity index (χ2n) is 6.89. The minimum atomic E-state index is 0. The number of allylic oxidation sites excluding steroid dienone is 2. The standard InChI is InChI=1S/C13H16O.C9H16.H2/c1-5-11-7-9(3)10(4)8-12(11)13(14)6-2;1-4-9(5-6-9)7-8(2)3;/h5-8,14H,1H2,2-4H3;2,4-7H2,1,3H3;1H/b13-6-;;. The fourth-order valence-corrected chi connectivity index (χ4v) is 2.86. The molecule has 1 N–H and O–H groups in total.